The van der Waals surface area contributed by atoms with Gasteiger partial charge < -0.3 is 10.2 Å². The standard InChI is InChI=1S/C11H12O4/c1-7(10(12)13)9(11(14)15)8-5-3-2-4-6-8/h2-7,9H,1H3,(H,12,13)(H,14,15)/t7-,9+/m0/s1. The molecule has 4 nitrogen and oxygen atoms in total. The van der Waals surface area contributed by atoms with Gasteiger partial charge in [-0.3, -0.25) is 9.59 Å². The second-order valence-corrected chi connectivity index (χ2v) is 3.35. The first-order valence-electron chi connectivity index (χ1n) is 4.54. The van der Waals surface area contributed by atoms with Gasteiger partial charge in [0.05, 0.1) is 11.8 Å². The molecule has 0 saturated carbocycles. The maximum absolute atomic E-state index is 11.0. The predicted molar refractivity (Wildman–Crippen MR) is 53.6 cm³/mol. The number of aliphatic carboxylic acids is 2. The Bertz CT molecular complexity index is 358. The van der Waals surface area contributed by atoms with E-state index in [1.807, 2.05) is 0 Å². The Morgan fingerprint density at radius 2 is 1.60 bits per heavy atom. The fraction of sp³-hybridized carbons (Fsp3) is 0.273. The van der Waals surface area contributed by atoms with E-state index in [-0.39, 0.29) is 0 Å². The van der Waals surface area contributed by atoms with Gasteiger partial charge in [0.1, 0.15) is 0 Å². The lowest BCUT2D eigenvalue weighted by Crippen LogP contribution is -2.25. The molecule has 1 rings (SSSR count). The van der Waals surface area contributed by atoms with Crippen molar-refractivity contribution >= 4 is 11.9 Å². The summed E-state index contributed by atoms with van der Waals surface area (Å²) in [5, 5.41) is 17.8. The molecule has 0 aliphatic carbocycles. The number of carboxylic acid groups (broad SMARTS) is 2. The smallest absolute Gasteiger partial charge is 0.311 e. The van der Waals surface area contributed by atoms with E-state index in [4.69, 9.17) is 10.2 Å². The summed E-state index contributed by atoms with van der Waals surface area (Å²) in [4.78, 5) is 21.7. The monoisotopic (exact) mass is 208 g/mol. The molecular formula is C11H12O4. The highest BCUT2D eigenvalue weighted by Crippen LogP contribution is 2.24. The van der Waals surface area contributed by atoms with Gasteiger partial charge in [0, 0.05) is 0 Å². The molecule has 80 valence electrons. The predicted octanol–water partition coefficient (Wildman–Crippen LogP) is 1.58. The fourth-order valence-electron chi connectivity index (χ4n) is 1.45. The minimum absolute atomic E-state index is 0.514. The van der Waals surface area contributed by atoms with Crippen molar-refractivity contribution in [2.75, 3.05) is 0 Å². The highest BCUT2D eigenvalue weighted by atomic mass is 16.4. The Balaban J connectivity index is 3.04. The molecule has 1 aromatic carbocycles. The SMILES string of the molecule is C[C@H](C(=O)O)[C@@H](C(=O)O)c1ccccc1. The summed E-state index contributed by atoms with van der Waals surface area (Å²) in [6.07, 6.45) is 0. The Morgan fingerprint density at radius 1 is 1.07 bits per heavy atom. The third-order valence-electron chi connectivity index (χ3n) is 2.31. The molecule has 0 amide bonds. The van der Waals surface area contributed by atoms with Gasteiger partial charge in [-0.2, -0.15) is 0 Å². The summed E-state index contributed by atoms with van der Waals surface area (Å²) in [5.74, 6) is -4.16. The molecule has 4 heteroatoms. The molecule has 0 aromatic heterocycles. The van der Waals surface area contributed by atoms with Gasteiger partial charge in [0.25, 0.3) is 0 Å². The zero-order valence-corrected chi connectivity index (χ0v) is 8.25. The van der Waals surface area contributed by atoms with Crippen molar-refractivity contribution in [2.45, 2.75) is 12.8 Å². The molecule has 0 heterocycles. The maximum Gasteiger partial charge on any atom is 0.311 e. The van der Waals surface area contributed by atoms with Crippen LogP contribution in [0.5, 0.6) is 0 Å². The number of hydrogen-bond donors (Lipinski definition) is 2. The lowest BCUT2D eigenvalue weighted by molar-refractivity contribution is -0.149. The van der Waals surface area contributed by atoms with Crippen molar-refractivity contribution < 1.29 is 19.8 Å². The van der Waals surface area contributed by atoms with E-state index in [2.05, 4.69) is 0 Å². The summed E-state index contributed by atoms with van der Waals surface area (Å²) in [6.45, 7) is 1.40. The lowest BCUT2D eigenvalue weighted by Gasteiger charge is -2.16. The molecule has 0 radical (unpaired) electrons. The maximum atomic E-state index is 11.0. The minimum atomic E-state index is -1.11. The van der Waals surface area contributed by atoms with Gasteiger partial charge in [-0.15, -0.1) is 0 Å². The molecule has 0 fully saturated rings. The van der Waals surface area contributed by atoms with Crippen LogP contribution < -0.4 is 0 Å². The van der Waals surface area contributed by atoms with Crippen LogP contribution in [0, 0.1) is 5.92 Å². The summed E-state index contributed by atoms with van der Waals surface area (Å²) < 4.78 is 0. The number of benzene rings is 1. The summed E-state index contributed by atoms with van der Waals surface area (Å²) in [7, 11) is 0. The normalized spacial score (nSPS) is 14.2. The van der Waals surface area contributed by atoms with E-state index in [1.165, 1.54) is 6.92 Å². The van der Waals surface area contributed by atoms with E-state index in [0.29, 0.717) is 5.56 Å². The molecule has 1 aromatic rings. The Labute approximate surface area is 87.2 Å². The highest BCUT2D eigenvalue weighted by Gasteiger charge is 2.31. The van der Waals surface area contributed by atoms with E-state index in [1.54, 1.807) is 30.3 Å². The molecule has 2 N–H and O–H groups in total. The molecule has 0 bridgehead atoms. The van der Waals surface area contributed by atoms with Crippen molar-refractivity contribution in [1.82, 2.24) is 0 Å². The molecule has 0 aliphatic rings. The van der Waals surface area contributed by atoms with Crippen LogP contribution >= 0.6 is 0 Å². The van der Waals surface area contributed by atoms with Crippen LogP contribution in [0.2, 0.25) is 0 Å². The molecule has 0 unspecified atom stereocenters. The van der Waals surface area contributed by atoms with Crippen LogP contribution in [0.3, 0.4) is 0 Å². The first kappa shape index (κ1) is 11.2. The first-order chi connectivity index (χ1) is 7.04. The van der Waals surface area contributed by atoms with E-state index < -0.39 is 23.8 Å². The fourth-order valence-corrected chi connectivity index (χ4v) is 1.45. The minimum Gasteiger partial charge on any atom is -0.481 e. The summed E-state index contributed by atoms with van der Waals surface area (Å²) >= 11 is 0. The van der Waals surface area contributed by atoms with Gasteiger partial charge >= 0.3 is 11.9 Å². The topological polar surface area (TPSA) is 74.6 Å². The average molecular weight is 208 g/mol. The van der Waals surface area contributed by atoms with Crippen molar-refractivity contribution in [3.63, 3.8) is 0 Å². The first-order valence-corrected chi connectivity index (χ1v) is 4.54. The zero-order chi connectivity index (χ0) is 11.4. The number of rotatable bonds is 4. The van der Waals surface area contributed by atoms with Gasteiger partial charge in [-0.25, -0.2) is 0 Å². The number of hydrogen-bond acceptors (Lipinski definition) is 2. The molecule has 15 heavy (non-hydrogen) atoms. The molecule has 2 atom stereocenters. The quantitative estimate of drug-likeness (QED) is 0.787. The van der Waals surface area contributed by atoms with Gasteiger partial charge in [-0.1, -0.05) is 37.3 Å². The second-order valence-electron chi connectivity index (χ2n) is 3.35. The third kappa shape index (κ3) is 2.56. The van der Waals surface area contributed by atoms with Gasteiger partial charge in [0.15, 0.2) is 0 Å². The molecule has 0 spiro atoms. The molecular weight excluding hydrogens is 196 g/mol. The van der Waals surface area contributed by atoms with Crippen LogP contribution in [-0.4, -0.2) is 22.2 Å². The van der Waals surface area contributed by atoms with Gasteiger partial charge in [0.2, 0.25) is 0 Å². The van der Waals surface area contributed by atoms with Crippen molar-refractivity contribution in [2.24, 2.45) is 5.92 Å². The van der Waals surface area contributed by atoms with Crippen LogP contribution in [-0.2, 0) is 9.59 Å². The third-order valence-corrected chi connectivity index (χ3v) is 2.31. The number of carbonyl (C=O) groups is 2. The van der Waals surface area contributed by atoms with Crippen molar-refractivity contribution in [3.05, 3.63) is 35.9 Å². The Hall–Kier alpha value is -1.84. The van der Waals surface area contributed by atoms with Crippen molar-refractivity contribution in [1.29, 1.82) is 0 Å². The second kappa shape index (κ2) is 4.59. The largest absolute Gasteiger partial charge is 0.481 e. The zero-order valence-electron chi connectivity index (χ0n) is 8.25. The average Bonchev–Trinajstić information content (AvgIpc) is 2.18. The van der Waals surface area contributed by atoms with E-state index in [9.17, 15) is 9.59 Å². The molecule has 0 aliphatic heterocycles. The Kier molecular flexibility index (Phi) is 3.44. The Morgan fingerprint density at radius 3 is 2.00 bits per heavy atom. The van der Waals surface area contributed by atoms with Gasteiger partial charge in [-0.05, 0) is 5.56 Å². The lowest BCUT2D eigenvalue weighted by atomic mass is 9.87. The summed E-state index contributed by atoms with van der Waals surface area (Å²) in [6, 6.07) is 8.39. The summed E-state index contributed by atoms with van der Waals surface area (Å²) in [5.41, 5.74) is 0.514. The van der Waals surface area contributed by atoms with Crippen LogP contribution in [0.1, 0.15) is 18.4 Å². The van der Waals surface area contributed by atoms with Crippen molar-refractivity contribution in [3.8, 4) is 0 Å². The van der Waals surface area contributed by atoms with E-state index >= 15 is 0 Å². The highest BCUT2D eigenvalue weighted by molar-refractivity contribution is 5.84. The molecule has 0 saturated heterocycles. The number of carboxylic acids is 2. The van der Waals surface area contributed by atoms with E-state index in [0.717, 1.165) is 0 Å². The van der Waals surface area contributed by atoms with Crippen LogP contribution in [0.4, 0.5) is 0 Å². The van der Waals surface area contributed by atoms with Crippen LogP contribution in [0.25, 0.3) is 0 Å². The van der Waals surface area contributed by atoms with Crippen LogP contribution in [0.15, 0.2) is 30.3 Å².